The molecule has 3 rings (SSSR count). The summed E-state index contributed by atoms with van der Waals surface area (Å²) in [6.45, 7) is 5.17. The number of Topliss-reactive ketones (excluding diaryl/α,β-unsaturated/α-hetero) is 1. The van der Waals surface area contributed by atoms with Crippen LogP contribution in [0.4, 0.5) is 17.2 Å². The summed E-state index contributed by atoms with van der Waals surface area (Å²) in [5.74, 6) is 1.14. The van der Waals surface area contributed by atoms with Crippen LogP contribution in [0.5, 0.6) is 5.75 Å². The predicted octanol–water partition coefficient (Wildman–Crippen LogP) is 4.30. The SMILES string of the molecule is COc1ccc(C)cc1NC(=O)c1cc(Nc2ccc(C(C)=O)cc2)nc(C)n1. The van der Waals surface area contributed by atoms with Crippen LogP contribution in [-0.4, -0.2) is 28.8 Å². The molecule has 0 aliphatic carbocycles. The van der Waals surface area contributed by atoms with Crippen LogP contribution in [0.15, 0.2) is 48.5 Å². The first-order valence-corrected chi connectivity index (χ1v) is 9.05. The lowest BCUT2D eigenvalue weighted by Gasteiger charge is -2.12. The molecule has 148 valence electrons. The molecule has 0 bridgehead atoms. The molecule has 0 saturated carbocycles. The number of nitrogens with one attached hydrogen (secondary N) is 2. The molecule has 0 atom stereocenters. The smallest absolute Gasteiger partial charge is 0.274 e. The van der Waals surface area contributed by atoms with Gasteiger partial charge in [-0.05, 0) is 62.7 Å². The molecule has 0 radical (unpaired) electrons. The van der Waals surface area contributed by atoms with E-state index in [1.807, 2.05) is 19.1 Å². The number of ketones is 1. The van der Waals surface area contributed by atoms with Crippen molar-refractivity contribution in [2.24, 2.45) is 0 Å². The minimum atomic E-state index is -0.366. The summed E-state index contributed by atoms with van der Waals surface area (Å²) in [5.41, 5.74) is 3.17. The van der Waals surface area contributed by atoms with Gasteiger partial charge in [-0.3, -0.25) is 9.59 Å². The highest BCUT2D eigenvalue weighted by molar-refractivity contribution is 6.04. The number of methoxy groups -OCH3 is 1. The average molecular weight is 390 g/mol. The van der Waals surface area contributed by atoms with Crippen LogP contribution in [0.2, 0.25) is 0 Å². The molecule has 0 spiro atoms. The van der Waals surface area contributed by atoms with Crippen LogP contribution < -0.4 is 15.4 Å². The van der Waals surface area contributed by atoms with E-state index in [1.165, 1.54) is 6.92 Å². The van der Waals surface area contributed by atoms with Gasteiger partial charge >= 0.3 is 0 Å². The third-order valence-electron chi connectivity index (χ3n) is 4.24. The van der Waals surface area contributed by atoms with Gasteiger partial charge in [-0.2, -0.15) is 0 Å². The van der Waals surface area contributed by atoms with E-state index in [1.54, 1.807) is 50.4 Å². The molecular weight excluding hydrogens is 368 g/mol. The van der Waals surface area contributed by atoms with Gasteiger partial charge in [-0.15, -0.1) is 0 Å². The molecule has 29 heavy (non-hydrogen) atoms. The zero-order valence-electron chi connectivity index (χ0n) is 16.7. The molecule has 2 aromatic carbocycles. The number of amides is 1. The number of hydrogen-bond acceptors (Lipinski definition) is 6. The largest absolute Gasteiger partial charge is 0.495 e. The number of anilines is 3. The predicted molar refractivity (Wildman–Crippen MR) is 112 cm³/mol. The second-order valence-corrected chi connectivity index (χ2v) is 6.60. The third-order valence-corrected chi connectivity index (χ3v) is 4.24. The molecule has 1 amide bonds. The molecule has 2 N–H and O–H groups in total. The first-order chi connectivity index (χ1) is 13.9. The van der Waals surface area contributed by atoms with Crippen molar-refractivity contribution in [1.82, 2.24) is 9.97 Å². The van der Waals surface area contributed by atoms with E-state index < -0.39 is 0 Å². The van der Waals surface area contributed by atoms with Crippen LogP contribution in [0.3, 0.4) is 0 Å². The lowest BCUT2D eigenvalue weighted by atomic mass is 10.1. The normalized spacial score (nSPS) is 10.3. The van der Waals surface area contributed by atoms with E-state index in [-0.39, 0.29) is 17.4 Å². The van der Waals surface area contributed by atoms with Gasteiger partial charge in [-0.1, -0.05) is 6.07 Å². The topological polar surface area (TPSA) is 93.2 Å². The highest BCUT2D eigenvalue weighted by atomic mass is 16.5. The van der Waals surface area contributed by atoms with Gasteiger partial charge in [0.2, 0.25) is 0 Å². The zero-order valence-corrected chi connectivity index (χ0v) is 16.7. The Hall–Kier alpha value is -3.74. The maximum atomic E-state index is 12.7. The van der Waals surface area contributed by atoms with Crippen molar-refractivity contribution in [2.45, 2.75) is 20.8 Å². The summed E-state index contributed by atoms with van der Waals surface area (Å²) in [6, 6.07) is 14.1. The Balaban J connectivity index is 1.82. The monoisotopic (exact) mass is 390 g/mol. The van der Waals surface area contributed by atoms with Crippen LogP contribution in [0.25, 0.3) is 0 Å². The minimum Gasteiger partial charge on any atom is -0.495 e. The second kappa shape index (κ2) is 8.52. The van der Waals surface area contributed by atoms with Crippen LogP contribution >= 0.6 is 0 Å². The molecular formula is C22H22N4O3. The summed E-state index contributed by atoms with van der Waals surface area (Å²) in [4.78, 5) is 32.7. The van der Waals surface area contributed by atoms with Crippen LogP contribution in [0, 0.1) is 13.8 Å². The first kappa shape index (κ1) is 20.0. The van der Waals surface area contributed by atoms with E-state index in [4.69, 9.17) is 4.74 Å². The summed E-state index contributed by atoms with van der Waals surface area (Å²) in [7, 11) is 1.55. The second-order valence-electron chi connectivity index (χ2n) is 6.60. The van der Waals surface area contributed by atoms with Crippen molar-refractivity contribution in [3.63, 3.8) is 0 Å². The van der Waals surface area contributed by atoms with E-state index in [2.05, 4.69) is 20.6 Å². The Labute approximate surface area is 169 Å². The standard InChI is InChI=1S/C22H22N4O3/c1-13-5-10-20(29-4)18(11-13)26-22(28)19-12-21(24-15(3)23-19)25-17-8-6-16(7-9-17)14(2)27/h5-12H,1-4H3,(H,26,28)(H,23,24,25). The minimum absolute atomic E-state index is 0.0000327. The molecule has 0 saturated heterocycles. The summed E-state index contributed by atoms with van der Waals surface area (Å²) in [6.07, 6.45) is 0. The van der Waals surface area contributed by atoms with Crippen molar-refractivity contribution in [3.05, 3.63) is 71.2 Å². The van der Waals surface area contributed by atoms with Crippen molar-refractivity contribution >= 4 is 28.9 Å². The van der Waals surface area contributed by atoms with Crippen LogP contribution in [0.1, 0.15) is 39.2 Å². The van der Waals surface area contributed by atoms with Crippen molar-refractivity contribution < 1.29 is 14.3 Å². The van der Waals surface area contributed by atoms with Crippen molar-refractivity contribution in [3.8, 4) is 5.75 Å². The first-order valence-electron chi connectivity index (χ1n) is 9.05. The van der Waals surface area contributed by atoms with E-state index in [9.17, 15) is 9.59 Å². The van der Waals surface area contributed by atoms with E-state index in [0.29, 0.717) is 28.6 Å². The fourth-order valence-corrected chi connectivity index (χ4v) is 2.79. The van der Waals surface area contributed by atoms with E-state index in [0.717, 1.165) is 11.3 Å². The molecule has 7 heteroatoms. The van der Waals surface area contributed by atoms with Gasteiger partial charge in [0.1, 0.15) is 23.1 Å². The maximum absolute atomic E-state index is 12.7. The Morgan fingerprint density at radius 2 is 1.69 bits per heavy atom. The molecule has 0 aliphatic heterocycles. The quantitative estimate of drug-likeness (QED) is 0.610. The van der Waals surface area contributed by atoms with E-state index >= 15 is 0 Å². The summed E-state index contributed by atoms with van der Waals surface area (Å²) < 4.78 is 5.31. The van der Waals surface area contributed by atoms with Gasteiger partial charge < -0.3 is 15.4 Å². The van der Waals surface area contributed by atoms with Gasteiger partial charge in [0.15, 0.2) is 5.78 Å². The zero-order chi connectivity index (χ0) is 21.0. The molecule has 0 fully saturated rings. The number of carbonyl (C=O) groups excluding carboxylic acids is 2. The lowest BCUT2D eigenvalue weighted by molar-refractivity contribution is 0.101. The molecule has 1 heterocycles. The Kier molecular flexibility index (Phi) is 5.87. The Morgan fingerprint density at radius 3 is 2.34 bits per heavy atom. The molecule has 7 nitrogen and oxygen atoms in total. The summed E-state index contributed by atoms with van der Waals surface area (Å²) in [5, 5.41) is 5.97. The molecule has 1 aromatic heterocycles. The van der Waals surface area contributed by atoms with Gasteiger partial charge in [0.05, 0.1) is 12.8 Å². The third kappa shape index (κ3) is 4.95. The Bertz CT molecular complexity index is 1060. The fourth-order valence-electron chi connectivity index (χ4n) is 2.79. The van der Waals surface area contributed by atoms with Crippen molar-refractivity contribution in [1.29, 1.82) is 0 Å². The van der Waals surface area contributed by atoms with Gasteiger partial charge in [0.25, 0.3) is 5.91 Å². The number of carbonyl (C=O) groups is 2. The molecule has 3 aromatic rings. The summed E-state index contributed by atoms with van der Waals surface area (Å²) >= 11 is 0. The number of aromatic nitrogens is 2. The maximum Gasteiger partial charge on any atom is 0.274 e. The molecule has 0 unspecified atom stereocenters. The molecule has 0 aliphatic rings. The highest BCUT2D eigenvalue weighted by Gasteiger charge is 2.14. The number of benzene rings is 2. The van der Waals surface area contributed by atoms with Gasteiger partial charge in [-0.25, -0.2) is 9.97 Å². The number of rotatable bonds is 6. The highest BCUT2D eigenvalue weighted by Crippen LogP contribution is 2.26. The lowest BCUT2D eigenvalue weighted by Crippen LogP contribution is -2.16. The van der Waals surface area contributed by atoms with Crippen molar-refractivity contribution in [2.75, 3.05) is 17.7 Å². The average Bonchev–Trinajstić information content (AvgIpc) is 2.68. The number of hydrogen-bond donors (Lipinski definition) is 2. The number of ether oxygens (including phenoxy) is 1. The van der Waals surface area contributed by atoms with Crippen LogP contribution in [-0.2, 0) is 0 Å². The Morgan fingerprint density at radius 1 is 0.966 bits per heavy atom. The number of nitrogens with zero attached hydrogens (tertiary/aromatic N) is 2. The fraction of sp³-hybridized carbons (Fsp3) is 0.182. The number of aryl methyl sites for hydroxylation is 2. The van der Waals surface area contributed by atoms with Gasteiger partial charge in [0, 0.05) is 17.3 Å².